The third-order valence-electron chi connectivity index (χ3n) is 9.05. The lowest BCUT2D eigenvalue weighted by Gasteiger charge is -2.27. The van der Waals surface area contributed by atoms with Crippen molar-refractivity contribution in [2.45, 2.75) is 55.4 Å². The first-order valence-corrected chi connectivity index (χ1v) is 17.8. The first kappa shape index (κ1) is 31.2. The fourth-order valence-electron chi connectivity index (χ4n) is 7.21. The summed E-state index contributed by atoms with van der Waals surface area (Å²) in [4.78, 5) is 9.86. The molecule has 0 aliphatic carbocycles. The van der Waals surface area contributed by atoms with E-state index in [-0.39, 0.29) is 0 Å². The highest BCUT2D eigenvalue weighted by atomic mass is 32.1. The fraction of sp³-hybridized carbons (Fsp3) is 0.186. The molecule has 4 aromatic carbocycles. The highest BCUT2D eigenvalue weighted by molar-refractivity contribution is 7.16. The van der Waals surface area contributed by atoms with Crippen molar-refractivity contribution in [1.82, 2.24) is 0 Å². The standard InChI is InChI=1S/C43H40N2S2/c1-26-19-28(3)40(29(4)20-26)44-25-45(41-30(5)21-27(2)22-31(41)6)43(37-24-39(47-33(37)8)35-17-13-10-14-18-35)42(44)36-23-38(46-32(36)7)34-15-11-9-12-16-34/h9-24H,1-8H3. The Balaban J connectivity index is 1.57. The van der Waals surface area contributed by atoms with Crippen molar-refractivity contribution in [2.75, 3.05) is 9.80 Å². The molecule has 0 bridgehead atoms. The third-order valence-corrected chi connectivity index (χ3v) is 11.3. The molecule has 0 amide bonds. The molecular formula is C43H40N2S2. The van der Waals surface area contributed by atoms with Gasteiger partial charge in [-0.15, -0.1) is 22.7 Å². The van der Waals surface area contributed by atoms with Gasteiger partial charge in [0.2, 0.25) is 6.67 Å². The molecule has 4 heteroatoms. The van der Waals surface area contributed by atoms with Gasteiger partial charge < -0.3 is 9.80 Å². The molecule has 7 rings (SSSR count). The second-order valence-corrected chi connectivity index (χ2v) is 15.4. The number of hydrogen-bond donors (Lipinski definition) is 0. The molecule has 3 heterocycles. The predicted octanol–water partition coefficient (Wildman–Crippen LogP) is 12.5. The van der Waals surface area contributed by atoms with Gasteiger partial charge >= 0.3 is 0 Å². The number of rotatable bonds is 6. The van der Waals surface area contributed by atoms with Gasteiger partial charge in [-0.2, -0.15) is 0 Å². The Labute approximate surface area is 288 Å². The van der Waals surface area contributed by atoms with Crippen LogP contribution < -0.4 is 9.80 Å². The van der Waals surface area contributed by atoms with Gasteiger partial charge in [-0.05, 0) is 101 Å². The van der Waals surface area contributed by atoms with E-state index in [2.05, 4.69) is 169 Å². The summed E-state index contributed by atoms with van der Waals surface area (Å²) in [5, 5.41) is 0. The molecule has 0 atom stereocenters. The first-order chi connectivity index (χ1) is 22.6. The molecule has 0 spiro atoms. The second kappa shape index (κ2) is 12.3. The van der Waals surface area contributed by atoms with Crippen LogP contribution in [0.5, 0.6) is 0 Å². The van der Waals surface area contributed by atoms with Gasteiger partial charge in [0, 0.05) is 42.0 Å². The monoisotopic (exact) mass is 648 g/mol. The highest BCUT2D eigenvalue weighted by Crippen LogP contribution is 2.52. The summed E-state index contributed by atoms with van der Waals surface area (Å²) in [6.45, 7) is 21.8. The summed E-state index contributed by atoms with van der Waals surface area (Å²) in [5.74, 6) is 0. The highest BCUT2D eigenvalue weighted by Gasteiger charge is 2.39. The number of anilines is 2. The molecule has 0 N–H and O–H groups in total. The zero-order chi connectivity index (χ0) is 33.0. The maximum atomic E-state index is 3.98. The van der Waals surface area contributed by atoms with Crippen LogP contribution in [0.15, 0.2) is 97.1 Å². The van der Waals surface area contributed by atoms with E-state index in [1.165, 1.54) is 97.9 Å². The van der Waals surface area contributed by atoms with Gasteiger partial charge in [0.15, 0.2) is 0 Å². The molecule has 0 saturated carbocycles. The summed E-state index contributed by atoms with van der Waals surface area (Å²) < 4.78 is 0. The van der Waals surface area contributed by atoms with Gasteiger partial charge in [0.05, 0.1) is 11.4 Å². The van der Waals surface area contributed by atoms with Crippen molar-refractivity contribution in [2.24, 2.45) is 0 Å². The quantitative estimate of drug-likeness (QED) is 0.177. The lowest BCUT2D eigenvalue weighted by Crippen LogP contribution is -2.23. The maximum Gasteiger partial charge on any atom is 0.218 e. The Morgan fingerprint density at radius 3 is 1.13 bits per heavy atom. The Bertz CT molecular complexity index is 1950. The van der Waals surface area contributed by atoms with Crippen LogP contribution in [0.4, 0.5) is 11.4 Å². The predicted molar refractivity (Wildman–Crippen MR) is 205 cm³/mol. The number of thiophene rings is 2. The lowest BCUT2D eigenvalue weighted by molar-refractivity contribution is 1.08. The molecule has 0 fully saturated rings. The Morgan fingerprint density at radius 1 is 0.447 bits per heavy atom. The number of nitrogens with zero attached hydrogens (tertiary/aromatic N) is 2. The average molecular weight is 649 g/mol. The molecule has 234 valence electrons. The van der Waals surface area contributed by atoms with Crippen LogP contribution in [-0.4, -0.2) is 0 Å². The van der Waals surface area contributed by atoms with E-state index < -0.39 is 0 Å². The second-order valence-electron chi connectivity index (χ2n) is 12.9. The van der Waals surface area contributed by atoms with Crippen molar-refractivity contribution in [1.29, 1.82) is 0 Å². The van der Waals surface area contributed by atoms with Crippen molar-refractivity contribution in [3.05, 3.63) is 158 Å². The number of hydrogen-bond acceptors (Lipinski definition) is 4. The molecule has 2 aromatic heterocycles. The minimum absolute atomic E-state index is 1.18. The van der Waals surface area contributed by atoms with Crippen LogP contribution in [-0.2, 0) is 0 Å². The fourth-order valence-corrected chi connectivity index (χ4v) is 9.26. The van der Waals surface area contributed by atoms with Crippen LogP contribution >= 0.6 is 22.7 Å². The van der Waals surface area contributed by atoms with E-state index in [4.69, 9.17) is 0 Å². The van der Waals surface area contributed by atoms with Crippen LogP contribution in [0.1, 0.15) is 54.3 Å². The maximum absolute atomic E-state index is 3.98. The molecular weight excluding hydrogens is 609 g/mol. The van der Waals surface area contributed by atoms with Crippen molar-refractivity contribution in [3.8, 4) is 20.9 Å². The van der Waals surface area contributed by atoms with E-state index >= 15 is 0 Å². The summed E-state index contributed by atoms with van der Waals surface area (Å²) >= 11 is 3.73. The van der Waals surface area contributed by atoms with E-state index in [1.54, 1.807) is 0 Å². The van der Waals surface area contributed by atoms with Gasteiger partial charge in [0.25, 0.3) is 0 Å². The lowest BCUT2D eigenvalue weighted by atomic mass is 9.99. The zero-order valence-electron chi connectivity index (χ0n) is 28.4. The molecule has 1 aliphatic heterocycles. The Hall–Kier alpha value is -4.38. The molecule has 6 aromatic rings. The van der Waals surface area contributed by atoms with Gasteiger partial charge in [-0.1, -0.05) is 96.1 Å². The van der Waals surface area contributed by atoms with Crippen LogP contribution in [0, 0.1) is 62.1 Å². The summed E-state index contributed by atoms with van der Waals surface area (Å²) in [5.41, 5.74) is 17.2. The van der Waals surface area contributed by atoms with Crippen molar-refractivity contribution < 1.29 is 0 Å². The SMILES string of the molecule is Cc1cc(C)c(N2[C]N(c3c(C)cc(C)cc3C)C(c3cc(-c4ccccc4)sc3C)=C2c2cc(-c3ccccc3)sc2C)c(C)c1. The molecule has 0 unspecified atom stereocenters. The van der Waals surface area contributed by atoms with Gasteiger partial charge in [-0.3, -0.25) is 0 Å². The smallest absolute Gasteiger partial charge is 0.218 e. The normalized spacial score (nSPS) is 13.3. The van der Waals surface area contributed by atoms with Gasteiger partial charge in [-0.25, -0.2) is 0 Å². The van der Waals surface area contributed by atoms with Crippen molar-refractivity contribution in [3.63, 3.8) is 0 Å². The first-order valence-electron chi connectivity index (χ1n) is 16.2. The minimum Gasteiger partial charge on any atom is -0.307 e. The average Bonchev–Trinajstić information content (AvgIpc) is 3.71. The van der Waals surface area contributed by atoms with E-state index in [0.29, 0.717) is 0 Å². The summed E-state index contributed by atoms with van der Waals surface area (Å²) in [6.07, 6.45) is 0. The molecule has 0 saturated heterocycles. The molecule has 1 aliphatic rings. The Kier molecular flexibility index (Phi) is 8.20. The van der Waals surface area contributed by atoms with Crippen LogP contribution in [0.25, 0.3) is 32.3 Å². The topological polar surface area (TPSA) is 6.48 Å². The Morgan fingerprint density at radius 2 is 0.787 bits per heavy atom. The minimum atomic E-state index is 1.18. The molecule has 47 heavy (non-hydrogen) atoms. The third kappa shape index (κ3) is 5.64. The van der Waals surface area contributed by atoms with E-state index in [0.717, 1.165) is 0 Å². The summed E-state index contributed by atoms with van der Waals surface area (Å²) in [7, 11) is 0. The van der Waals surface area contributed by atoms with Crippen LogP contribution in [0.2, 0.25) is 0 Å². The van der Waals surface area contributed by atoms with Crippen molar-refractivity contribution >= 4 is 45.4 Å². The largest absolute Gasteiger partial charge is 0.307 e. The number of benzene rings is 4. The van der Waals surface area contributed by atoms with Gasteiger partial charge in [0.1, 0.15) is 0 Å². The van der Waals surface area contributed by atoms with E-state index in [9.17, 15) is 0 Å². The van der Waals surface area contributed by atoms with Crippen LogP contribution in [0.3, 0.4) is 0 Å². The number of aryl methyl sites for hydroxylation is 8. The summed E-state index contributed by atoms with van der Waals surface area (Å²) in [6, 6.07) is 35.5. The zero-order valence-corrected chi connectivity index (χ0v) is 30.1. The molecule has 2 nitrogen and oxygen atoms in total. The van der Waals surface area contributed by atoms with E-state index in [1.807, 2.05) is 22.7 Å². The molecule has 2 radical (unpaired) electrons.